The van der Waals surface area contributed by atoms with Crippen LogP contribution < -0.4 is 10.6 Å². The first-order valence-corrected chi connectivity index (χ1v) is 9.22. The number of hydrogen-bond donors (Lipinski definition) is 3. The third-order valence-corrected chi connectivity index (χ3v) is 5.08. The molecule has 0 aliphatic heterocycles. The van der Waals surface area contributed by atoms with Crippen LogP contribution in [-0.2, 0) is 11.8 Å². The molecule has 0 bridgehead atoms. The fourth-order valence-corrected chi connectivity index (χ4v) is 3.05. The second kappa shape index (κ2) is 8.57. The van der Waals surface area contributed by atoms with Crippen molar-refractivity contribution in [1.29, 1.82) is 0 Å². The molecule has 29 heavy (non-hydrogen) atoms. The first-order chi connectivity index (χ1) is 13.5. The highest BCUT2D eigenvalue weighted by Gasteiger charge is 2.29. The summed E-state index contributed by atoms with van der Waals surface area (Å²) >= 11 is 0. The Morgan fingerprint density at radius 1 is 1.14 bits per heavy atom. The number of aryl methyl sites for hydroxylation is 1. The second-order valence-electron chi connectivity index (χ2n) is 7.24. The summed E-state index contributed by atoms with van der Waals surface area (Å²) in [5.74, 6) is -2.49. The molecular weight excluding hydrogens is 377 g/mol. The molecule has 0 radical (unpaired) electrons. The molecule has 2 atom stereocenters. The topological polar surface area (TPSA) is 100 Å². The third-order valence-electron chi connectivity index (χ3n) is 5.08. The van der Waals surface area contributed by atoms with Crippen LogP contribution in [0.25, 0.3) is 0 Å². The maximum atomic E-state index is 13.4. The van der Waals surface area contributed by atoms with Gasteiger partial charge < -0.3 is 20.3 Å². The average Bonchev–Trinajstić information content (AvgIpc) is 2.86. The molecule has 2 aromatic rings. The van der Waals surface area contributed by atoms with Crippen molar-refractivity contribution in [2.75, 3.05) is 5.32 Å². The van der Waals surface area contributed by atoms with Gasteiger partial charge in [0.05, 0.1) is 23.4 Å². The number of benzene rings is 1. The van der Waals surface area contributed by atoms with Gasteiger partial charge in [0.15, 0.2) is 0 Å². The van der Waals surface area contributed by atoms with Crippen LogP contribution in [0.1, 0.15) is 51.5 Å². The van der Waals surface area contributed by atoms with Crippen LogP contribution in [0, 0.1) is 26.6 Å². The number of rotatable bonds is 6. The zero-order chi connectivity index (χ0) is 22.0. The lowest BCUT2D eigenvalue weighted by molar-refractivity contribution is -0.118. The van der Waals surface area contributed by atoms with Crippen molar-refractivity contribution in [1.82, 2.24) is 9.88 Å². The van der Waals surface area contributed by atoms with Crippen LogP contribution >= 0.6 is 0 Å². The van der Waals surface area contributed by atoms with Crippen LogP contribution in [0.15, 0.2) is 18.2 Å². The third kappa shape index (κ3) is 4.54. The number of Topliss-reactive ketones (excluding diaryl/α,β-unsaturated/α-hetero) is 1. The molecule has 2 rings (SSSR count). The van der Waals surface area contributed by atoms with E-state index in [0.29, 0.717) is 22.5 Å². The van der Waals surface area contributed by atoms with Crippen LogP contribution in [0.4, 0.5) is 10.1 Å². The maximum Gasteiger partial charge on any atom is 0.294 e. The Bertz CT molecular complexity index is 979. The fourth-order valence-electron chi connectivity index (χ4n) is 3.05. The van der Waals surface area contributed by atoms with Crippen molar-refractivity contribution >= 4 is 23.3 Å². The Labute approximate surface area is 168 Å². The molecule has 1 aromatic heterocycles. The van der Waals surface area contributed by atoms with Gasteiger partial charge in [0.25, 0.3) is 17.6 Å². The zero-order valence-corrected chi connectivity index (χ0v) is 17.4. The van der Waals surface area contributed by atoms with Gasteiger partial charge in [-0.3, -0.25) is 14.4 Å². The summed E-state index contributed by atoms with van der Waals surface area (Å²) in [6, 6.07) is 3.62. The van der Waals surface area contributed by atoms with Gasteiger partial charge in [0.1, 0.15) is 5.82 Å². The number of aliphatic hydroxyl groups is 1. The molecular formula is C21H26FN3O4. The maximum absolute atomic E-state index is 13.4. The molecule has 1 aromatic carbocycles. The molecule has 0 spiro atoms. The lowest BCUT2D eigenvalue weighted by Gasteiger charge is -2.16. The van der Waals surface area contributed by atoms with Crippen molar-refractivity contribution in [2.24, 2.45) is 7.05 Å². The summed E-state index contributed by atoms with van der Waals surface area (Å²) in [5, 5.41) is 14.7. The zero-order valence-electron chi connectivity index (χ0n) is 17.4. The number of amides is 2. The fraction of sp³-hybridized carbons (Fsp3) is 0.381. The monoisotopic (exact) mass is 403 g/mol. The molecule has 7 nitrogen and oxygen atoms in total. The van der Waals surface area contributed by atoms with Crippen molar-refractivity contribution in [3.63, 3.8) is 0 Å². The largest absolute Gasteiger partial charge is 0.391 e. The van der Waals surface area contributed by atoms with Crippen LogP contribution in [0.5, 0.6) is 0 Å². The van der Waals surface area contributed by atoms with Gasteiger partial charge in [-0.05, 0) is 63.9 Å². The van der Waals surface area contributed by atoms with E-state index < -0.39 is 29.7 Å². The quantitative estimate of drug-likeness (QED) is 0.509. The Morgan fingerprint density at radius 3 is 2.31 bits per heavy atom. The minimum Gasteiger partial charge on any atom is -0.391 e. The number of anilines is 1. The number of carbonyl (C=O) groups is 3. The Morgan fingerprint density at radius 2 is 1.76 bits per heavy atom. The summed E-state index contributed by atoms with van der Waals surface area (Å²) in [6.45, 7) is 7.95. The number of nitrogens with one attached hydrogen (secondary N) is 2. The van der Waals surface area contributed by atoms with Gasteiger partial charge in [-0.1, -0.05) is 0 Å². The number of ketones is 1. The first kappa shape index (κ1) is 22.3. The number of carbonyl (C=O) groups excluding carboxylic acids is 3. The van der Waals surface area contributed by atoms with E-state index in [1.807, 2.05) is 0 Å². The SMILES string of the molecule is Cc1cc(NC(=O)c2c(C)c(C(=O)C(=O)NC(C)[C@@H](C)O)n(C)c2C)ccc1F. The van der Waals surface area contributed by atoms with E-state index in [-0.39, 0.29) is 17.1 Å². The molecule has 0 aliphatic carbocycles. The van der Waals surface area contributed by atoms with Crippen LogP contribution in [-0.4, -0.2) is 39.4 Å². The van der Waals surface area contributed by atoms with Crippen LogP contribution in [0.3, 0.4) is 0 Å². The average molecular weight is 403 g/mol. The van der Waals surface area contributed by atoms with Gasteiger partial charge in [0, 0.05) is 18.4 Å². The molecule has 8 heteroatoms. The molecule has 3 N–H and O–H groups in total. The van der Waals surface area contributed by atoms with Crippen LogP contribution in [0.2, 0.25) is 0 Å². The lowest BCUT2D eigenvalue weighted by Crippen LogP contribution is -2.43. The number of hydrogen-bond acceptors (Lipinski definition) is 4. The highest BCUT2D eigenvalue weighted by atomic mass is 19.1. The van der Waals surface area contributed by atoms with E-state index in [9.17, 15) is 23.9 Å². The Balaban J connectivity index is 2.34. The van der Waals surface area contributed by atoms with Gasteiger partial charge in [-0.15, -0.1) is 0 Å². The first-order valence-electron chi connectivity index (χ1n) is 9.22. The van der Waals surface area contributed by atoms with Crippen molar-refractivity contribution in [3.8, 4) is 0 Å². The van der Waals surface area contributed by atoms with E-state index in [0.717, 1.165) is 0 Å². The Hall–Kier alpha value is -3.00. The van der Waals surface area contributed by atoms with E-state index in [2.05, 4.69) is 10.6 Å². The molecule has 0 fully saturated rings. The normalized spacial score (nSPS) is 13.0. The molecule has 1 heterocycles. The van der Waals surface area contributed by atoms with Crippen molar-refractivity contribution in [2.45, 2.75) is 46.8 Å². The van der Waals surface area contributed by atoms with Gasteiger partial charge in [0.2, 0.25) is 0 Å². The van der Waals surface area contributed by atoms with E-state index in [1.165, 1.54) is 29.7 Å². The lowest BCUT2D eigenvalue weighted by atomic mass is 10.1. The molecule has 0 aliphatic rings. The number of aromatic nitrogens is 1. The Kier molecular flexibility index (Phi) is 6.58. The molecule has 0 saturated carbocycles. The molecule has 1 unspecified atom stereocenters. The smallest absolute Gasteiger partial charge is 0.294 e. The van der Waals surface area contributed by atoms with E-state index >= 15 is 0 Å². The van der Waals surface area contributed by atoms with Crippen molar-refractivity contribution < 1.29 is 23.9 Å². The summed E-state index contributed by atoms with van der Waals surface area (Å²) < 4.78 is 14.9. The van der Waals surface area contributed by atoms with Gasteiger partial charge in [-0.25, -0.2) is 4.39 Å². The van der Waals surface area contributed by atoms with E-state index in [4.69, 9.17) is 0 Å². The number of aliphatic hydroxyl groups excluding tert-OH is 1. The summed E-state index contributed by atoms with van der Waals surface area (Å²) in [6.07, 6.45) is -0.816. The predicted octanol–water partition coefficient (Wildman–Crippen LogP) is 2.41. The van der Waals surface area contributed by atoms with E-state index in [1.54, 1.807) is 34.7 Å². The highest BCUT2D eigenvalue weighted by molar-refractivity contribution is 6.43. The van der Waals surface area contributed by atoms with Gasteiger partial charge in [-0.2, -0.15) is 0 Å². The minimum atomic E-state index is -0.858. The molecule has 156 valence electrons. The highest BCUT2D eigenvalue weighted by Crippen LogP contribution is 2.24. The molecule has 2 amide bonds. The minimum absolute atomic E-state index is 0.0956. The number of halogens is 1. The second-order valence-corrected chi connectivity index (χ2v) is 7.24. The standard InChI is InChI=1S/C21H26FN3O4/c1-10-9-15(7-8-16(10)22)24-20(28)17-11(2)18(25(6)13(17)4)19(27)21(29)23-12(3)14(5)26/h7-9,12,14,26H,1-6H3,(H,23,29)(H,24,28)/t12?,14-/m1/s1. The summed E-state index contributed by atoms with van der Waals surface area (Å²) in [7, 11) is 1.60. The van der Waals surface area contributed by atoms with Crippen molar-refractivity contribution in [3.05, 3.63) is 52.1 Å². The summed E-state index contributed by atoms with van der Waals surface area (Å²) in [5.41, 5.74) is 2.06. The predicted molar refractivity (Wildman–Crippen MR) is 108 cm³/mol. The molecule has 0 saturated heterocycles. The van der Waals surface area contributed by atoms with Gasteiger partial charge >= 0.3 is 0 Å². The summed E-state index contributed by atoms with van der Waals surface area (Å²) in [4.78, 5) is 37.8. The number of nitrogens with zero attached hydrogens (tertiary/aromatic N) is 1.